The molecule has 0 aliphatic rings. The van der Waals surface area contributed by atoms with E-state index >= 15 is 0 Å². The van der Waals surface area contributed by atoms with Gasteiger partial charge in [0.2, 0.25) is 15.9 Å². The maximum absolute atomic E-state index is 11.7. The highest BCUT2D eigenvalue weighted by Crippen LogP contribution is 2.13. The standard InChI is InChI=1S/C13H20N2O4S/c1-11(16)14-7-8-15-20(17,18)9-6-12-4-3-5-13(10-12)19-2/h3-5,10,15H,6-9H2,1-2H3,(H,14,16). The highest BCUT2D eigenvalue weighted by Gasteiger charge is 2.10. The molecule has 0 saturated heterocycles. The second-order valence-electron chi connectivity index (χ2n) is 4.30. The zero-order chi connectivity index (χ0) is 15.0. The van der Waals surface area contributed by atoms with E-state index < -0.39 is 10.0 Å². The minimum atomic E-state index is -3.34. The van der Waals surface area contributed by atoms with Crippen molar-refractivity contribution in [2.75, 3.05) is 26.0 Å². The number of methoxy groups -OCH3 is 1. The zero-order valence-corrected chi connectivity index (χ0v) is 12.5. The third-order valence-corrected chi connectivity index (χ3v) is 4.00. The lowest BCUT2D eigenvalue weighted by Crippen LogP contribution is -2.35. The summed E-state index contributed by atoms with van der Waals surface area (Å²) in [5.41, 5.74) is 0.900. The number of nitrogens with one attached hydrogen (secondary N) is 2. The third-order valence-electron chi connectivity index (χ3n) is 2.61. The van der Waals surface area contributed by atoms with Crippen molar-refractivity contribution in [1.29, 1.82) is 0 Å². The van der Waals surface area contributed by atoms with Gasteiger partial charge >= 0.3 is 0 Å². The van der Waals surface area contributed by atoms with Crippen LogP contribution >= 0.6 is 0 Å². The van der Waals surface area contributed by atoms with Crippen LogP contribution in [-0.2, 0) is 21.2 Å². The van der Waals surface area contributed by atoms with Gasteiger partial charge in [0.15, 0.2) is 0 Å². The topological polar surface area (TPSA) is 84.5 Å². The molecule has 0 saturated carbocycles. The molecule has 0 atom stereocenters. The highest BCUT2D eigenvalue weighted by molar-refractivity contribution is 7.89. The van der Waals surface area contributed by atoms with E-state index in [1.807, 2.05) is 24.3 Å². The summed E-state index contributed by atoms with van der Waals surface area (Å²) in [5.74, 6) is 0.527. The number of hydrogen-bond donors (Lipinski definition) is 2. The quantitative estimate of drug-likeness (QED) is 0.676. The number of carbonyl (C=O) groups is 1. The van der Waals surface area contributed by atoms with E-state index in [0.29, 0.717) is 12.2 Å². The van der Waals surface area contributed by atoms with Crippen LogP contribution in [0.1, 0.15) is 12.5 Å². The van der Waals surface area contributed by atoms with Crippen LogP contribution in [0.2, 0.25) is 0 Å². The van der Waals surface area contributed by atoms with E-state index in [0.717, 1.165) is 5.56 Å². The Morgan fingerprint density at radius 1 is 1.30 bits per heavy atom. The minimum Gasteiger partial charge on any atom is -0.497 e. The summed E-state index contributed by atoms with van der Waals surface area (Å²) in [7, 11) is -1.77. The molecule has 0 aromatic heterocycles. The Labute approximate surface area is 119 Å². The monoisotopic (exact) mass is 300 g/mol. The van der Waals surface area contributed by atoms with Gasteiger partial charge < -0.3 is 10.1 Å². The van der Waals surface area contributed by atoms with Crippen LogP contribution < -0.4 is 14.8 Å². The Hall–Kier alpha value is -1.60. The summed E-state index contributed by atoms with van der Waals surface area (Å²) >= 11 is 0. The average molecular weight is 300 g/mol. The molecule has 20 heavy (non-hydrogen) atoms. The van der Waals surface area contributed by atoms with Gasteiger partial charge in [0.1, 0.15) is 5.75 Å². The molecule has 1 rings (SSSR count). The first-order chi connectivity index (χ1) is 9.43. The van der Waals surface area contributed by atoms with Gasteiger partial charge in [-0.25, -0.2) is 13.1 Å². The molecular weight excluding hydrogens is 280 g/mol. The SMILES string of the molecule is COc1cccc(CCS(=O)(=O)NCCNC(C)=O)c1. The number of aryl methyl sites for hydroxylation is 1. The Balaban J connectivity index is 2.40. The van der Waals surface area contributed by atoms with Crippen molar-refractivity contribution < 1.29 is 17.9 Å². The van der Waals surface area contributed by atoms with Crippen LogP contribution in [0.5, 0.6) is 5.75 Å². The smallest absolute Gasteiger partial charge is 0.216 e. The summed E-state index contributed by atoms with van der Waals surface area (Å²) in [6.45, 7) is 1.87. The average Bonchev–Trinajstić information content (AvgIpc) is 2.42. The lowest BCUT2D eigenvalue weighted by molar-refractivity contribution is -0.118. The van der Waals surface area contributed by atoms with Crippen LogP contribution in [0.3, 0.4) is 0 Å². The Morgan fingerprint density at radius 3 is 2.70 bits per heavy atom. The molecule has 1 amide bonds. The van der Waals surface area contributed by atoms with Crippen molar-refractivity contribution in [3.63, 3.8) is 0 Å². The molecule has 0 fully saturated rings. The number of amides is 1. The summed E-state index contributed by atoms with van der Waals surface area (Å²) < 4.78 is 31.0. The molecule has 2 N–H and O–H groups in total. The summed E-state index contributed by atoms with van der Waals surface area (Å²) in [6, 6.07) is 7.30. The van der Waals surface area contributed by atoms with Gasteiger partial charge in [-0.05, 0) is 24.1 Å². The Morgan fingerprint density at radius 2 is 2.05 bits per heavy atom. The number of benzene rings is 1. The van der Waals surface area contributed by atoms with Crippen molar-refractivity contribution in [3.8, 4) is 5.75 Å². The van der Waals surface area contributed by atoms with Crippen molar-refractivity contribution in [2.24, 2.45) is 0 Å². The van der Waals surface area contributed by atoms with Crippen LogP contribution in [0.25, 0.3) is 0 Å². The van der Waals surface area contributed by atoms with Gasteiger partial charge in [0.25, 0.3) is 0 Å². The first-order valence-electron chi connectivity index (χ1n) is 6.27. The van der Waals surface area contributed by atoms with Gasteiger partial charge in [-0.3, -0.25) is 4.79 Å². The maximum atomic E-state index is 11.7. The highest BCUT2D eigenvalue weighted by atomic mass is 32.2. The van der Waals surface area contributed by atoms with Crippen LogP contribution in [0, 0.1) is 0 Å². The summed E-state index contributed by atoms with van der Waals surface area (Å²) in [4.78, 5) is 10.6. The van der Waals surface area contributed by atoms with Gasteiger partial charge in [-0.15, -0.1) is 0 Å². The first-order valence-corrected chi connectivity index (χ1v) is 7.93. The van der Waals surface area contributed by atoms with Crippen LogP contribution in [0.15, 0.2) is 24.3 Å². The third kappa shape index (κ3) is 6.53. The van der Waals surface area contributed by atoms with E-state index in [9.17, 15) is 13.2 Å². The molecule has 0 unspecified atom stereocenters. The van der Waals surface area contributed by atoms with E-state index in [-0.39, 0.29) is 24.7 Å². The molecule has 0 aliphatic heterocycles. The first kappa shape index (κ1) is 16.5. The molecular formula is C13H20N2O4S. The largest absolute Gasteiger partial charge is 0.497 e. The predicted molar refractivity (Wildman–Crippen MR) is 77.2 cm³/mol. The molecule has 112 valence electrons. The van der Waals surface area contributed by atoms with Gasteiger partial charge in [-0.2, -0.15) is 0 Å². The number of ether oxygens (including phenoxy) is 1. The molecule has 0 aliphatic carbocycles. The van der Waals surface area contributed by atoms with Crippen molar-refractivity contribution in [3.05, 3.63) is 29.8 Å². The zero-order valence-electron chi connectivity index (χ0n) is 11.7. The van der Waals surface area contributed by atoms with Crippen molar-refractivity contribution in [1.82, 2.24) is 10.0 Å². The van der Waals surface area contributed by atoms with Crippen molar-refractivity contribution in [2.45, 2.75) is 13.3 Å². The van der Waals surface area contributed by atoms with E-state index in [1.54, 1.807) is 7.11 Å². The molecule has 0 bridgehead atoms. The van der Waals surface area contributed by atoms with Crippen LogP contribution in [0.4, 0.5) is 0 Å². The Bertz CT molecular complexity index is 543. The van der Waals surface area contributed by atoms with Crippen LogP contribution in [-0.4, -0.2) is 40.3 Å². The molecule has 7 heteroatoms. The minimum absolute atomic E-state index is 0.000237. The second kappa shape index (κ2) is 7.86. The fraction of sp³-hybridized carbons (Fsp3) is 0.462. The number of rotatable bonds is 8. The molecule has 1 aromatic carbocycles. The van der Waals surface area contributed by atoms with Gasteiger partial charge in [0.05, 0.1) is 12.9 Å². The molecule has 1 aromatic rings. The molecule has 6 nitrogen and oxygen atoms in total. The number of sulfonamides is 1. The molecule has 0 heterocycles. The number of carbonyl (C=O) groups excluding carboxylic acids is 1. The molecule has 0 radical (unpaired) electrons. The van der Waals surface area contributed by atoms with E-state index in [2.05, 4.69) is 10.0 Å². The van der Waals surface area contributed by atoms with Crippen molar-refractivity contribution >= 4 is 15.9 Å². The predicted octanol–water partition coefficient (Wildman–Crippen LogP) is 0.293. The van der Waals surface area contributed by atoms with Gasteiger partial charge in [0, 0.05) is 20.0 Å². The van der Waals surface area contributed by atoms with E-state index in [1.165, 1.54) is 6.92 Å². The summed E-state index contributed by atoms with van der Waals surface area (Å²) in [5, 5.41) is 2.52. The lowest BCUT2D eigenvalue weighted by atomic mass is 10.2. The van der Waals surface area contributed by atoms with Gasteiger partial charge in [-0.1, -0.05) is 12.1 Å². The fourth-order valence-corrected chi connectivity index (χ4v) is 2.66. The van der Waals surface area contributed by atoms with E-state index in [4.69, 9.17) is 4.74 Å². The lowest BCUT2D eigenvalue weighted by Gasteiger charge is -2.08. The summed E-state index contributed by atoms with van der Waals surface area (Å²) in [6.07, 6.45) is 0.409. The normalized spacial score (nSPS) is 11.1. The number of hydrogen-bond acceptors (Lipinski definition) is 4. The molecule has 0 spiro atoms. The fourth-order valence-electron chi connectivity index (χ4n) is 1.60. The second-order valence-corrected chi connectivity index (χ2v) is 6.22. The Kier molecular flexibility index (Phi) is 6.47. The maximum Gasteiger partial charge on any atom is 0.216 e.